The van der Waals surface area contributed by atoms with Crippen molar-refractivity contribution in [3.63, 3.8) is 0 Å². The van der Waals surface area contributed by atoms with E-state index in [0.29, 0.717) is 0 Å². The quantitative estimate of drug-likeness (QED) is 0.505. The molecule has 0 aliphatic rings. The van der Waals surface area contributed by atoms with Crippen molar-refractivity contribution in [2.75, 3.05) is 10.6 Å². The Kier molecular flexibility index (Phi) is 7.20. The fraction of sp³-hybridized carbons (Fsp3) is 0.381. The number of rotatable bonds is 8. The number of non-ortho nitro benzene ring substituents is 1. The molecule has 0 aliphatic heterocycles. The third-order valence-corrected chi connectivity index (χ3v) is 6.19. The highest BCUT2D eigenvalue weighted by molar-refractivity contribution is 7.92. The zero-order chi connectivity index (χ0) is 22.6. The summed E-state index contributed by atoms with van der Waals surface area (Å²) >= 11 is 0. The minimum atomic E-state index is -3.88. The molecule has 0 heterocycles. The predicted molar refractivity (Wildman–Crippen MR) is 117 cm³/mol. The SMILES string of the molecule is CC[C@H](C(=O)N[C@@H](C)c1ccc(C)c(C)c1)N(c1cccc([N+](=O)[O-])c1)S(C)(=O)=O. The summed E-state index contributed by atoms with van der Waals surface area (Å²) in [5.41, 5.74) is 2.96. The van der Waals surface area contributed by atoms with Crippen LogP contribution in [0.1, 0.15) is 43.0 Å². The Balaban J connectivity index is 2.37. The van der Waals surface area contributed by atoms with E-state index in [1.165, 1.54) is 18.2 Å². The lowest BCUT2D eigenvalue weighted by atomic mass is 10.0. The van der Waals surface area contributed by atoms with E-state index in [0.717, 1.165) is 33.3 Å². The number of aryl methyl sites for hydroxylation is 2. The van der Waals surface area contributed by atoms with Gasteiger partial charge in [-0.2, -0.15) is 0 Å². The highest BCUT2D eigenvalue weighted by atomic mass is 32.2. The Hall–Kier alpha value is -2.94. The smallest absolute Gasteiger partial charge is 0.271 e. The highest BCUT2D eigenvalue weighted by Crippen LogP contribution is 2.27. The second-order valence-electron chi connectivity index (χ2n) is 7.33. The minimum Gasteiger partial charge on any atom is -0.348 e. The molecule has 0 aromatic heterocycles. The molecule has 1 N–H and O–H groups in total. The van der Waals surface area contributed by atoms with Gasteiger partial charge in [0.25, 0.3) is 5.69 Å². The van der Waals surface area contributed by atoms with Crippen molar-refractivity contribution in [3.8, 4) is 0 Å². The Morgan fingerprint density at radius 1 is 1.17 bits per heavy atom. The van der Waals surface area contributed by atoms with Crippen LogP contribution in [-0.4, -0.2) is 31.5 Å². The van der Waals surface area contributed by atoms with E-state index in [-0.39, 0.29) is 23.8 Å². The van der Waals surface area contributed by atoms with Crippen molar-refractivity contribution >= 4 is 27.3 Å². The average Bonchev–Trinajstić information content (AvgIpc) is 2.66. The maximum absolute atomic E-state index is 13.0. The largest absolute Gasteiger partial charge is 0.348 e. The monoisotopic (exact) mass is 433 g/mol. The van der Waals surface area contributed by atoms with Gasteiger partial charge in [0.05, 0.1) is 22.9 Å². The highest BCUT2D eigenvalue weighted by Gasteiger charge is 2.33. The summed E-state index contributed by atoms with van der Waals surface area (Å²) in [7, 11) is -3.88. The molecule has 0 aliphatic carbocycles. The summed E-state index contributed by atoms with van der Waals surface area (Å²) in [5, 5.41) is 14.0. The summed E-state index contributed by atoms with van der Waals surface area (Å²) in [6.45, 7) is 7.50. The van der Waals surface area contributed by atoms with Crippen molar-refractivity contribution < 1.29 is 18.1 Å². The van der Waals surface area contributed by atoms with Crippen LogP contribution >= 0.6 is 0 Å². The molecule has 0 fully saturated rings. The van der Waals surface area contributed by atoms with Crippen LogP contribution in [0.5, 0.6) is 0 Å². The maximum atomic E-state index is 13.0. The molecule has 9 heteroatoms. The molecule has 0 radical (unpaired) electrons. The summed E-state index contributed by atoms with van der Waals surface area (Å²) < 4.78 is 26.0. The number of hydrogen-bond donors (Lipinski definition) is 1. The van der Waals surface area contributed by atoms with E-state index in [9.17, 15) is 23.3 Å². The number of nitro groups is 1. The number of amides is 1. The van der Waals surface area contributed by atoms with Gasteiger partial charge in [0.1, 0.15) is 6.04 Å². The van der Waals surface area contributed by atoms with E-state index >= 15 is 0 Å². The van der Waals surface area contributed by atoms with Crippen molar-refractivity contribution in [3.05, 3.63) is 69.3 Å². The number of carbonyl (C=O) groups is 1. The molecule has 1 amide bonds. The lowest BCUT2D eigenvalue weighted by Gasteiger charge is -2.31. The zero-order valence-corrected chi connectivity index (χ0v) is 18.6. The van der Waals surface area contributed by atoms with Gasteiger partial charge in [-0.05, 0) is 49.9 Å². The number of hydrogen-bond acceptors (Lipinski definition) is 5. The van der Waals surface area contributed by atoms with E-state index in [1.54, 1.807) is 6.92 Å². The first-order chi connectivity index (χ1) is 14.0. The molecule has 2 aromatic rings. The van der Waals surface area contributed by atoms with Crippen molar-refractivity contribution in [2.24, 2.45) is 0 Å². The van der Waals surface area contributed by atoms with Gasteiger partial charge in [-0.1, -0.05) is 31.2 Å². The number of anilines is 1. The summed E-state index contributed by atoms with van der Waals surface area (Å²) in [4.78, 5) is 23.5. The molecule has 2 aromatic carbocycles. The number of carbonyl (C=O) groups excluding carboxylic acids is 1. The van der Waals surface area contributed by atoms with Gasteiger partial charge < -0.3 is 5.32 Å². The van der Waals surface area contributed by atoms with Gasteiger partial charge in [0.2, 0.25) is 15.9 Å². The minimum absolute atomic E-state index is 0.0764. The van der Waals surface area contributed by atoms with Gasteiger partial charge in [0.15, 0.2) is 0 Å². The molecule has 0 spiro atoms. The van der Waals surface area contributed by atoms with Crippen LogP contribution in [0.2, 0.25) is 0 Å². The van der Waals surface area contributed by atoms with Crippen LogP contribution in [0.25, 0.3) is 0 Å². The summed E-state index contributed by atoms with van der Waals surface area (Å²) in [6.07, 6.45) is 1.18. The number of nitro benzene ring substituents is 1. The normalized spacial score (nSPS) is 13.4. The van der Waals surface area contributed by atoms with Gasteiger partial charge >= 0.3 is 0 Å². The van der Waals surface area contributed by atoms with E-state index < -0.39 is 26.9 Å². The maximum Gasteiger partial charge on any atom is 0.271 e. The van der Waals surface area contributed by atoms with Crippen LogP contribution in [0, 0.1) is 24.0 Å². The molecule has 30 heavy (non-hydrogen) atoms. The molecule has 8 nitrogen and oxygen atoms in total. The fourth-order valence-corrected chi connectivity index (χ4v) is 4.43. The Morgan fingerprint density at radius 3 is 2.37 bits per heavy atom. The second kappa shape index (κ2) is 9.25. The third-order valence-electron chi connectivity index (χ3n) is 5.01. The van der Waals surface area contributed by atoms with Gasteiger partial charge in [-0.15, -0.1) is 0 Å². The molecular formula is C21H27N3O5S. The van der Waals surface area contributed by atoms with E-state index in [1.807, 2.05) is 39.0 Å². The predicted octanol–water partition coefficient (Wildman–Crippen LogP) is 3.63. The van der Waals surface area contributed by atoms with E-state index in [2.05, 4.69) is 5.32 Å². The van der Waals surface area contributed by atoms with Crippen molar-refractivity contribution in [1.29, 1.82) is 0 Å². The summed E-state index contributed by atoms with van der Waals surface area (Å²) in [5.74, 6) is -0.472. The number of benzene rings is 2. The van der Waals surface area contributed by atoms with Crippen LogP contribution in [0.15, 0.2) is 42.5 Å². The number of sulfonamides is 1. The Labute approximate surface area is 177 Å². The lowest BCUT2D eigenvalue weighted by Crippen LogP contribution is -2.49. The first-order valence-corrected chi connectivity index (χ1v) is 11.4. The lowest BCUT2D eigenvalue weighted by molar-refractivity contribution is -0.384. The fourth-order valence-electron chi connectivity index (χ4n) is 3.23. The molecular weight excluding hydrogens is 406 g/mol. The number of nitrogens with one attached hydrogen (secondary N) is 1. The topological polar surface area (TPSA) is 110 Å². The standard InChI is InChI=1S/C21H27N3O5S/c1-6-20(21(25)22-16(4)17-11-10-14(2)15(3)12-17)23(30(5,28)29)18-8-7-9-19(13-18)24(26)27/h7-13,16,20H,6H2,1-5H3,(H,22,25)/t16-,20+/m0/s1. The molecule has 2 rings (SSSR count). The second-order valence-corrected chi connectivity index (χ2v) is 9.19. The first-order valence-electron chi connectivity index (χ1n) is 9.57. The molecule has 0 bridgehead atoms. The molecule has 2 atom stereocenters. The van der Waals surface area contributed by atoms with Crippen LogP contribution in [-0.2, 0) is 14.8 Å². The molecule has 162 valence electrons. The average molecular weight is 434 g/mol. The van der Waals surface area contributed by atoms with Gasteiger partial charge in [0, 0.05) is 12.1 Å². The van der Waals surface area contributed by atoms with Gasteiger partial charge in [-0.25, -0.2) is 8.42 Å². The van der Waals surface area contributed by atoms with Crippen LogP contribution < -0.4 is 9.62 Å². The first kappa shape index (κ1) is 23.3. The zero-order valence-electron chi connectivity index (χ0n) is 17.7. The van der Waals surface area contributed by atoms with Crippen molar-refractivity contribution in [1.82, 2.24) is 5.32 Å². The van der Waals surface area contributed by atoms with Crippen molar-refractivity contribution in [2.45, 2.75) is 46.2 Å². The van der Waals surface area contributed by atoms with Gasteiger partial charge in [-0.3, -0.25) is 19.2 Å². The molecule has 0 saturated heterocycles. The Bertz CT molecular complexity index is 1050. The van der Waals surface area contributed by atoms with E-state index in [4.69, 9.17) is 0 Å². The molecule has 0 saturated carbocycles. The molecule has 0 unspecified atom stereocenters. The van der Waals surface area contributed by atoms with Crippen LogP contribution in [0.3, 0.4) is 0 Å². The third kappa shape index (κ3) is 5.35. The summed E-state index contributed by atoms with van der Waals surface area (Å²) in [6, 6.07) is 9.75. The Morgan fingerprint density at radius 2 is 1.83 bits per heavy atom. The number of nitrogens with zero attached hydrogens (tertiary/aromatic N) is 2. The van der Waals surface area contributed by atoms with Crippen LogP contribution in [0.4, 0.5) is 11.4 Å².